The number of amides is 3. The fourth-order valence-corrected chi connectivity index (χ4v) is 6.80. The summed E-state index contributed by atoms with van der Waals surface area (Å²) in [4.78, 5) is 29.1. The van der Waals surface area contributed by atoms with Crippen LogP contribution in [0.25, 0.3) is 0 Å². The summed E-state index contributed by atoms with van der Waals surface area (Å²) in [7, 11) is -3.01. The fourth-order valence-electron chi connectivity index (χ4n) is 5.04. The summed E-state index contributed by atoms with van der Waals surface area (Å²) in [5.41, 5.74) is -0.515. The summed E-state index contributed by atoms with van der Waals surface area (Å²) in [6.07, 6.45) is 4.93. The van der Waals surface area contributed by atoms with E-state index < -0.39 is 15.4 Å². The predicted octanol–water partition coefficient (Wildman–Crippen LogP) is 2.37. The number of rotatable bonds is 6. The molecule has 7 nitrogen and oxygen atoms in total. The highest BCUT2D eigenvalue weighted by Crippen LogP contribution is 2.45. The van der Waals surface area contributed by atoms with E-state index in [1.807, 2.05) is 11.8 Å². The Labute approximate surface area is 169 Å². The summed E-state index contributed by atoms with van der Waals surface area (Å²) in [5, 5.41) is 2.99. The van der Waals surface area contributed by atoms with Crippen LogP contribution in [-0.4, -0.2) is 66.5 Å². The summed E-state index contributed by atoms with van der Waals surface area (Å²) in [5.74, 6) is 0.735. The van der Waals surface area contributed by atoms with Gasteiger partial charge in [-0.3, -0.25) is 9.69 Å². The van der Waals surface area contributed by atoms with E-state index in [2.05, 4.69) is 26.1 Å². The lowest BCUT2D eigenvalue weighted by Gasteiger charge is -2.42. The van der Waals surface area contributed by atoms with Crippen molar-refractivity contribution in [2.45, 2.75) is 77.8 Å². The van der Waals surface area contributed by atoms with Gasteiger partial charge in [-0.1, -0.05) is 34.1 Å². The second-order valence-electron chi connectivity index (χ2n) is 9.47. The molecule has 1 N–H and O–H groups in total. The van der Waals surface area contributed by atoms with E-state index in [0.717, 1.165) is 19.3 Å². The molecule has 3 rings (SSSR count). The molecule has 2 aliphatic heterocycles. The molecule has 28 heavy (non-hydrogen) atoms. The van der Waals surface area contributed by atoms with Gasteiger partial charge in [0.25, 0.3) is 5.91 Å². The Hall–Kier alpha value is -1.15. The molecule has 0 aromatic carbocycles. The molecule has 0 bridgehead atoms. The Morgan fingerprint density at radius 3 is 2.32 bits per heavy atom. The maximum absolute atomic E-state index is 13.2. The minimum atomic E-state index is -3.01. The lowest BCUT2D eigenvalue weighted by Crippen LogP contribution is -2.51. The normalized spacial score (nSPS) is 33.1. The first-order valence-electron chi connectivity index (χ1n) is 10.6. The molecule has 1 saturated carbocycles. The summed E-state index contributed by atoms with van der Waals surface area (Å²) < 4.78 is 23.6. The lowest BCUT2D eigenvalue weighted by molar-refractivity contribution is -0.134. The highest BCUT2D eigenvalue weighted by atomic mass is 32.2. The predicted molar refractivity (Wildman–Crippen MR) is 108 cm³/mol. The Morgan fingerprint density at radius 1 is 1.18 bits per heavy atom. The number of nitrogens with one attached hydrogen (secondary N) is 1. The number of urea groups is 1. The molecule has 2 saturated heterocycles. The van der Waals surface area contributed by atoms with E-state index in [9.17, 15) is 18.0 Å². The van der Waals surface area contributed by atoms with Crippen LogP contribution in [0.1, 0.15) is 66.2 Å². The van der Waals surface area contributed by atoms with E-state index >= 15 is 0 Å². The van der Waals surface area contributed by atoms with Gasteiger partial charge in [0.1, 0.15) is 5.54 Å². The van der Waals surface area contributed by atoms with E-state index in [-0.39, 0.29) is 41.6 Å². The van der Waals surface area contributed by atoms with Gasteiger partial charge in [-0.05, 0) is 50.0 Å². The second kappa shape index (κ2) is 7.59. The van der Waals surface area contributed by atoms with Gasteiger partial charge in [-0.2, -0.15) is 0 Å². The van der Waals surface area contributed by atoms with Crippen molar-refractivity contribution in [2.24, 2.45) is 11.3 Å². The van der Waals surface area contributed by atoms with Crippen LogP contribution < -0.4 is 5.32 Å². The number of imide groups is 1. The van der Waals surface area contributed by atoms with Crippen molar-refractivity contribution in [3.8, 4) is 0 Å². The minimum Gasteiger partial charge on any atom is -0.323 e. The van der Waals surface area contributed by atoms with Crippen LogP contribution in [0, 0.1) is 11.3 Å². The van der Waals surface area contributed by atoms with Gasteiger partial charge in [0, 0.05) is 6.04 Å². The quantitative estimate of drug-likeness (QED) is 0.676. The summed E-state index contributed by atoms with van der Waals surface area (Å²) >= 11 is 0. The largest absolute Gasteiger partial charge is 0.326 e. The highest BCUT2D eigenvalue weighted by molar-refractivity contribution is 7.91. The van der Waals surface area contributed by atoms with Crippen LogP contribution in [0.5, 0.6) is 0 Å². The SMILES string of the molecule is CCN(CN1C(=O)NC2(CCC(C(C)(C)CC)CC2)C1=O)[C@@H]1CCS(=O)(=O)C1. The zero-order valence-corrected chi connectivity index (χ0v) is 18.5. The molecule has 0 radical (unpaired) electrons. The van der Waals surface area contributed by atoms with E-state index in [4.69, 9.17) is 0 Å². The summed E-state index contributed by atoms with van der Waals surface area (Å²) in [6.45, 7) is 9.50. The number of sulfone groups is 1. The second-order valence-corrected chi connectivity index (χ2v) is 11.7. The van der Waals surface area contributed by atoms with Crippen molar-refractivity contribution < 1.29 is 18.0 Å². The monoisotopic (exact) mass is 413 g/mol. The molecule has 2 heterocycles. The molecule has 0 aromatic heterocycles. The van der Waals surface area contributed by atoms with Gasteiger partial charge in [0.2, 0.25) is 0 Å². The van der Waals surface area contributed by atoms with Crippen molar-refractivity contribution in [3.63, 3.8) is 0 Å². The number of hydrogen-bond donors (Lipinski definition) is 1. The molecule has 3 amide bonds. The van der Waals surface area contributed by atoms with Crippen LogP contribution in [-0.2, 0) is 14.6 Å². The van der Waals surface area contributed by atoms with Crippen LogP contribution in [0.4, 0.5) is 4.79 Å². The molecular formula is C20H35N3O4S. The van der Waals surface area contributed by atoms with E-state index in [1.54, 1.807) is 0 Å². The fraction of sp³-hybridized carbons (Fsp3) is 0.900. The Kier molecular flexibility index (Phi) is 5.85. The average molecular weight is 414 g/mol. The molecule has 1 spiro atoms. The standard InChI is InChI=1S/C20H35N3O4S/c1-5-19(3,4)15-7-10-20(11-8-15)17(24)23(18(25)21-20)14-22(6-2)16-9-12-28(26,27)13-16/h15-16H,5-14H2,1-4H3,(H,21,25)/t15?,16-,20?/m1/s1. The zero-order valence-electron chi connectivity index (χ0n) is 17.7. The Morgan fingerprint density at radius 2 is 1.82 bits per heavy atom. The van der Waals surface area contributed by atoms with Crippen molar-refractivity contribution >= 4 is 21.8 Å². The number of carbonyl (C=O) groups is 2. The lowest BCUT2D eigenvalue weighted by atomic mass is 9.65. The topological polar surface area (TPSA) is 86.8 Å². The molecule has 1 atom stereocenters. The first-order chi connectivity index (χ1) is 13.0. The number of carbonyl (C=O) groups excluding carboxylic acids is 2. The van der Waals surface area contributed by atoms with Crippen molar-refractivity contribution in [2.75, 3.05) is 24.7 Å². The van der Waals surface area contributed by atoms with Crippen LogP contribution in [0.15, 0.2) is 0 Å². The first kappa shape index (κ1) is 21.6. The van der Waals surface area contributed by atoms with Crippen molar-refractivity contribution in [1.82, 2.24) is 15.1 Å². The molecule has 0 aromatic rings. The van der Waals surface area contributed by atoms with Crippen LogP contribution in [0.3, 0.4) is 0 Å². The van der Waals surface area contributed by atoms with Gasteiger partial charge >= 0.3 is 6.03 Å². The van der Waals surface area contributed by atoms with E-state index in [1.165, 1.54) is 4.90 Å². The van der Waals surface area contributed by atoms with Crippen LogP contribution in [0.2, 0.25) is 0 Å². The summed E-state index contributed by atoms with van der Waals surface area (Å²) in [6, 6.07) is -0.453. The average Bonchev–Trinajstić information content (AvgIpc) is 3.11. The minimum absolute atomic E-state index is 0.114. The molecule has 3 aliphatic rings. The third kappa shape index (κ3) is 3.95. The molecular weight excluding hydrogens is 378 g/mol. The molecule has 160 valence electrons. The maximum Gasteiger partial charge on any atom is 0.326 e. The first-order valence-corrected chi connectivity index (χ1v) is 12.4. The number of nitrogens with zero attached hydrogens (tertiary/aromatic N) is 2. The van der Waals surface area contributed by atoms with Crippen LogP contribution >= 0.6 is 0 Å². The molecule has 3 fully saturated rings. The zero-order chi connectivity index (χ0) is 20.7. The Bertz CT molecular complexity index is 726. The third-order valence-electron chi connectivity index (χ3n) is 7.56. The van der Waals surface area contributed by atoms with Gasteiger partial charge in [-0.25, -0.2) is 18.1 Å². The highest BCUT2D eigenvalue weighted by Gasteiger charge is 2.54. The maximum atomic E-state index is 13.2. The van der Waals surface area contributed by atoms with Gasteiger partial charge < -0.3 is 5.32 Å². The van der Waals surface area contributed by atoms with Gasteiger partial charge in [0.05, 0.1) is 18.2 Å². The van der Waals surface area contributed by atoms with E-state index in [0.29, 0.717) is 31.7 Å². The third-order valence-corrected chi connectivity index (χ3v) is 9.31. The Balaban J connectivity index is 1.67. The van der Waals surface area contributed by atoms with Crippen molar-refractivity contribution in [3.05, 3.63) is 0 Å². The molecule has 0 unspecified atom stereocenters. The molecule has 8 heteroatoms. The molecule has 1 aliphatic carbocycles. The smallest absolute Gasteiger partial charge is 0.323 e. The van der Waals surface area contributed by atoms with Crippen molar-refractivity contribution in [1.29, 1.82) is 0 Å². The number of hydrogen-bond acceptors (Lipinski definition) is 5. The van der Waals surface area contributed by atoms with Gasteiger partial charge in [-0.15, -0.1) is 0 Å². The van der Waals surface area contributed by atoms with Gasteiger partial charge in [0.15, 0.2) is 9.84 Å².